The molecule has 0 saturated heterocycles. The SMILES string of the molecule is CC(C)(C)[C@H]1C/C(=C/c2ccc(Cl)cc2)c2nc3ccccc3c(C(=O)OCC(=O)NCc3ccc(Cl)cc3)c2C1. The van der Waals surface area contributed by atoms with E-state index in [-0.39, 0.29) is 23.8 Å². The molecule has 0 spiro atoms. The van der Waals surface area contributed by atoms with E-state index < -0.39 is 5.97 Å². The van der Waals surface area contributed by atoms with Crippen LogP contribution in [0, 0.1) is 11.3 Å². The summed E-state index contributed by atoms with van der Waals surface area (Å²) in [5, 5.41) is 4.82. The number of carbonyl (C=O) groups excluding carboxylic acids is 2. The number of ether oxygens (including phenoxy) is 1. The van der Waals surface area contributed by atoms with Gasteiger partial charge in [-0.1, -0.05) is 86.4 Å². The molecule has 1 heterocycles. The molecule has 1 amide bonds. The van der Waals surface area contributed by atoms with Gasteiger partial charge in [0, 0.05) is 22.0 Å². The average molecular weight is 588 g/mol. The zero-order chi connectivity index (χ0) is 29.1. The molecule has 0 saturated carbocycles. The van der Waals surface area contributed by atoms with E-state index >= 15 is 0 Å². The zero-order valence-electron chi connectivity index (χ0n) is 23.3. The van der Waals surface area contributed by atoms with Gasteiger partial charge in [-0.3, -0.25) is 4.79 Å². The number of para-hydroxylation sites is 1. The van der Waals surface area contributed by atoms with E-state index in [4.69, 9.17) is 32.9 Å². The molecule has 41 heavy (non-hydrogen) atoms. The van der Waals surface area contributed by atoms with Crippen LogP contribution in [0.25, 0.3) is 22.6 Å². The van der Waals surface area contributed by atoms with Crippen LogP contribution in [0.3, 0.4) is 0 Å². The molecule has 210 valence electrons. The fourth-order valence-electron chi connectivity index (χ4n) is 5.19. The third kappa shape index (κ3) is 6.80. The molecular formula is C34H32Cl2N2O3. The van der Waals surface area contributed by atoms with Crippen LogP contribution in [-0.2, 0) is 22.5 Å². The van der Waals surface area contributed by atoms with Crippen LogP contribution in [-0.4, -0.2) is 23.5 Å². The number of nitrogens with one attached hydrogen (secondary N) is 1. The summed E-state index contributed by atoms with van der Waals surface area (Å²) < 4.78 is 5.63. The van der Waals surface area contributed by atoms with Crippen molar-refractivity contribution < 1.29 is 14.3 Å². The second kappa shape index (κ2) is 12.1. The van der Waals surface area contributed by atoms with E-state index in [9.17, 15) is 9.59 Å². The van der Waals surface area contributed by atoms with Gasteiger partial charge in [-0.25, -0.2) is 9.78 Å². The van der Waals surface area contributed by atoms with Gasteiger partial charge in [-0.2, -0.15) is 0 Å². The first kappa shape index (κ1) is 28.8. The van der Waals surface area contributed by atoms with Gasteiger partial charge < -0.3 is 10.1 Å². The van der Waals surface area contributed by atoms with E-state index in [1.165, 1.54) is 0 Å². The molecule has 0 radical (unpaired) electrons. The lowest BCUT2D eigenvalue weighted by molar-refractivity contribution is -0.124. The third-order valence-electron chi connectivity index (χ3n) is 7.59. The van der Waals surface area contributed by atoms with Crippen molar-refractivity contribution in [1.29, 1.82) is 0 Å². The highest BCUT2D eigenvalue weighted by atomic mass is 35.5. The number of aromatic nitrogens is 1. The Morgan fingerprint density at radius 2 is 1.61 bits per heavy atom. The van der Waals surface area contributed by atoms with E-state index in [1.807, 2.05) is 60.7 Å². The van der Waals surface area contributed by atoms with Crippen molar-refractivity contribution in [1.82, 2.24) is 10.3 Å². The van der Waals surface area contributed by atoms with Crippen molar-refractivity contribution in [2.75, 3.05) is 6.61 Å². The number of halogens is 2. The maximum Gasteiger partial charge on any atom is 0.339 e. The smallest absolute Gasteiger partial charge is 0.339 e. The number of hydrogen-bond acceptors (Lipinski definition) is 4. The van der Waals surface area contributed by atoms with Crippen molar-refractivity contribution in [3.63, 3.8) is 0 Å². The topological polar surface area (TPSA) is 68.3 Å². The van der Waals surface area contributed by atoms with Crippen molar-refractivity contribution in [3.8, 4) is 0 Å². The molecule has 1 aliphatic rings. The van der Waals surface area contributed by atoms with E-state index in [0.29, 0.717) is 34.1 Å². The van der Waals surface area contributed by atoms with Crippen molar-refractivity contribution in [2.24, 2.45) is 11.3 Å². The van der Waals surface area contributed by atoms with Crippen molar-refractivity contribution >= 4 is 57.6 Å². The summed E-state index contributed by atoms with van der Waals surface area (Å²) >= 11 is 12.1. The number of carbonyl (C=O) groups is 2. The summed E-state index contributed by atoms with van der Waals surface area (Å²) in [6.07, 6.45) is 3.64. The minimum atomic E-state index is -0.526. The van der Waals surface area contributed by atoms with Crippen molar-refractivity contribution in [2.45, 2.75) is 40.2 Å². The second-order valence-electron chi connectivity index (χ2n) is 11.5. The number of allylic oxidation sites excluding steroid dienone is 1. The highest BCUT2D eigenvalue weighted by Crippen LogP contribution is 2.45. The Kier molecular flexibility index (Phi) is 8.48. The molecular weight excluding hydrogens is 555 g/mol. The van der Waals surface area contributed by atoms with Gasteiger partial charge in [0.05, 0.1) is 16.8 Å². The van der Waals surface area contributed by atoms with Gasteiger partial charge in [0.15, 0.2) is 6.61 Å². The number of hydrogen-bond donors (Lipinski definition) is 1. The summed E-state index contributed by atoms with van der Waals surface area (Å²) in [6, 6.07) is 22.5. The first-order valence-corrected chi connectivity index (χ1v) is 14.4. The minimum Gasteiger partial charge on any atom is -0.452 e. The van der Waals surface area contributed by atoms with Crippen molar-refractivity contribution in [3.05, 3.63) is 111 Å². The molecule has 1 N–H and O–H groups in total. The summed E-state index contributed by atoms with van der Waals surface area (Å²) in [6.45, 7) is 6.60. The lowest BCUT2D eigenvalue weighted by Gasteiger charge is -2.36. The van der Waals surface area contributed by atoms with Crippen LogP contribution in [0.4, 0.5) is 0 Å². The van der Waals surface area contributed by atoms with E-state index in [1.54, 1.807) is 12.1 Å². The molecule has 0 unspecified atom stereocenters. The van der Waals surface area contributed by atoms with E-state index in [0.717, 1.165) is 39.8 Å². The maximum atomic E-state index is 13.7. The number of nitrogens with zero attached hydrogens (tertiary/aromatic N) is 1. The number of amides is 1. The van der Waals surface area contributed by atoms with Gasteiger partial charge in [-0.15, -0.1) is 0 Å². The van der Waals surface area contributed by atoms with Crippen LogP contribution < -0.4 is 5.32 Å². The lowest BCUT2D eigenvalue weighted by atomic mass is 9.69. The summed E-state index contributed by atoms with van der Waals surface area (Å²) in [7, 11) is 0. The average Bonchev–Trinajstić information content (AvgIpc) is 2.95. The van der Waals surface area contributed by atoms with Gasteiger partial charge in [0.1, 0.15) is 0 Å². The molecule has 5 nitrogen and oxygen atoms in total. The predicted octanol–water partition coefficient (Wildman–Crippen LogP) is 8.16. The van der Waals surface area contributed by atoms with Crippen LogP contribution in [0.5, 0.6) is 0 Å². The first-order chi connectivity index (χ1) is 19.6. The molecule has 1 aromatic heterocycles. The quantitative estimate of drug-likeness (QED) is 0.231. The Hall–Kier alpha value is -3.67. The van der Waals surface area contributed by atoms with Gasteiger partial charge in [-0.05, 0) is 82.8 Å². The molecule has 1 aliphatic carbocycles. The van der Waals surface area contributed by atoms with E-state index in [2.05, 4.69) is 32.2 Å². The summed E-state index contributed by atoms with van der Waals surface area (Å²) in [5.74, 6) is -0.635. The fourth-order valence-corrected chi connectivity index (χ4v) is 5.44. The highest BCUT2D eigenvalue weighted by molar-refractivity contribution is 6.30. The monoisotopic (exact) mass is 586 g/mol. The number of esters is 1. The number of pyridine rings is 1. The Bertz CT molecular complexity index is 1620. The Labute approximate surface area is 250 Å². The normalized spacial score (nSPS) is 15.9. The maximum absolute atomic E-state index is 13.7. The highest BCUT2D eigenvalue weighted by Gasteiger charge is 2.35. The van der Waals surface area contributed by atoms with Crippen LogP contribution in [0.1, 0.15) is 59.9 Å². The predicted molar refractivity (Wildman–Crippen MR) is 166 cm³/mol. The molecule has 3 aromatic carbocycles. The second-order valence-corrected chi connectivity index (χ2v) is 12.4. The number of fused-ring (bicyclic) bond motifs is 2. The molecule has 0 bridgehead atoms. The Morgan fingerprint density at radius 3 is 2.29 bits per heavy atom. The van der Waals surface area contributed by atoms with Crippen LogP contribution in [0.2, 0.25) is 10.0 Å². The lowest BCUT2D eigenvalue weighted by Crippen LogP contribution is -2.30. The first-order valence-electron chi connectivity index (χ1n) is 13.6. The van der Waals surface area contributed by atoms with Gasteiger partial charge in [0.25, 0.3) is 5.91 Å². The zero-order valence-corrected chi connectivity index (χ0v) is 24.9. The standard InChI is InChI=1S/C34H32Cl2N2O3/c1-34(2,3)24-17-23(16-21-8-12-25(35)13-9-21)32-28(18-24)31(27-6-4-5-7-29(27)38-32)33(40)41-20-30(39)37-19-22-10-14-26(36)15-11-22/h4-16,24H,17-20H2,1-3H3,(H,37,39)/b23-16-/t24-/m0/s1. The fraction of sp³-hybridized carbons (Fsp3) is 0.265. The molecule has 7 heteroatoms. The largest absolute Gasteiger partial charge is 0.452 e. The number of rotatable bonds is 6. The molecule has 4 aromatic rings. The molecule has 5 rings (SSSR count). The summed E-state index contributed by atoms with van der Waals surface area (Å²) in [5.41, 5.74) is 5.82. The third-order valence-corrected chi connectivity index (χ3v) is 8.10. The molecule has 1 atom stereocenters. The Morgan fingerprint density at radius 1 is 0.951 bits per heavy atom. The van der Waals surface area contributed by atoms with Gasteiger partial charge in [0.2, 0.25) is 0 Å². The van der Waals surface area contributed by atoms with Gasteiger partial charge >= 0.3 is 5.97 Å². The minimum absolute atomic E-state index is 0.00878. The Balaban J connectivity index is 1.48. The summed E-state index contributed by atoms with van der Waals surface area (Å²) in [4.78, 5) is 31.4. The number of benzene rings is 3. The van der Waals surface area contributed by atoms with Crippen LogP contribution >= 0.6 is 23.2 Å². The molecule has 0 fully saturated rings. The van der Waals surface area contributed by atoms with Crippen LogP contribution in [0.15, 0.2) is 72.8 Å². The molecule has 0 aliphatic heterocycles.